The molecule has 2 N–H and O–H groups in total. The molecule has 1 amide bonds. The number of anilines is 1. The van der Waals surface area contributed by atoms with Crippen LogP contribution in [0.5, 0.6) is 0 Å². The van der Waals surface area contributed by atoms with Gasteiger partial charge in [-0.1, -0.05) is 12.1 Å². The maximum absolute atomic E-state index is 11.2. The van der Waals surface area contributed by atoms with Gasteiger partial charge in [-0.25, -0.2) is 0 Å². The van der Waals surface area contributed by atoms with Gasteiger partial charge in [-0.3, -0.25) is 4.79 Å². The topological polar surface area (TPSA) is 44.4 Å². The van der Waals surface area contributed by atoms with Crippen LogP contribution in [0, 0.1) is 0 Å². The standard InChI is InChI=1S/C14H21N3O/c1-15-14(18)9-11-3-5-12(6-4-11)16-13-7-8-17(2)10-13/h3-6,13,16H,7-10H2,1-2H3,(H,15,18). The normalized spacial score (nSPS) is 19.8. The highest BCUT2D eigenvalue weighted by molar-refractivity contribution is 5.78. The van der Waals surface area contributed by atoms with E-state index < -0.39 is 0 Å². The maximum Gasteiger partial charge on any atom is 0.224 e. The molecule has 18 heavy (non-hydrogen) atoms. The van der Waals surface area contributed by atoms with Gasteiger partial charge in [-0.2, -0.15) is 0 Å². The van der Waals surface area contributed by atoms with E-state index in [1.807, 2.05) is 12.1 Å². The molecule has 0 spiro atoms. The molecular formula is C14H21N3O. The zero-order chi connectivity index (χ0) is 13.0. The molecule has 1 aliphatic heterocycles. The molecule has 2 rings (SSSR count). The highest BCUT2D eigenvalue weighted by Gasteiger charge is 2.18. The molecule has 4 heteroatoms. The summed E-state index contributed by atoms with van der Waals surface area (Å²) < 4.78 is 0. The van der Waals surface area contributed by atoms with E-state index in [1.165, 1.54) is 6.42 Å². The van der Waals surface area contributed by atoms with Crippen LogP contribution in [0.1, 0.15) is 12.0 Å². The third-order valence-electron chi connectivity index (χ3n) is 3.36. The van der Waals surface area contributed by atoms with Crippen molar-refractivity contribution in [2.24, 2.45) is 0 Å². The van der Waals surface area contributed by atoms with Crippen LogP contribution in [-0.2, 0) is 11.2 Å². The molecule has 0 radical (unpaired) electrons. The number of amides is 1. The Hall–Kier alpha value is -1.55. The highest BCUT2D eigenvalue weighted by atomic mass is 16.1. The summed E-state index contributed by atoms with van der Waals surface area (Å²) in [4.78, 5) is 13.6. The summed E-state index contributed by atoms with van der Waals surface area (Å²) in [6, 6.07) is 8.67. The Balaban J connectivity index is 1.89. The first-order valence-electron chi connectivity index (χ1n) is 6.42. The van der Waals surface area contributed by atoms with Crippen molar-refractivity contribution in [3.8, 4) is 0 Å². The summed E-state index contributed by atoms with van der Waals surface area (Å²) in [7, 11) is 3.81. The molecular weight excluding hydrogens is 226 g/mol. The molecule has 1 heterocycles. The van der Waals surface area contributed by atoms with E-state index in [4.69, 9.17) is 0 Å². The van der Waals surface area contributed by atoms with Crippen LogP contribution in [0.4, 0.5) is 5.69 Å². The lowest BCUT2D eigenvalue weighted by atomic mass is 10.1. The summed E-state index contributed by atoms with van der Waals surface area (Å²) >= 11 is 0. The number of benzene rings is 1. The fraction of sp³-hybridized carbons (Fsp3) is 0.500. The largest absolute Gasteiger partial charge is 0.381 e. The maximum atomic E-state index is 11.2. The van der Waals surface area contributed by atoms with E-state index in [-0.39, 0.29) is 5.91 Å². The van der Waals surface area contributed by atoms with Gasteiger partial charge in [0.1, 0.15) is 0 Å². The molecule has 1 aromatic rings. The Bertz CT molecular complexity index is 402. The van der Waals surface area contributed by atoms with Crippen LogP contribution in [0.15, 0.2) is 24.3 Å². The highest BCUT2D eigenvalue weighted by Crippen LogP contribution is 2.15. The summed E-state index contributed by atoms with van der Waals surface area (Å²) in [5.41, 5.74) is 2.18. The van der Waals surface area contributed by atoms with E-state index in [2.05, 4.69) is 34.7 Å². The molecule has 1 atom stereocenters. The molecule has 0 bridgehead atoms. The minimum Gasteiger partial charge on any atom is -0.381 e. The molecule has 4 nitrogen and oxygen atoms in total. The van der Waals surface area contributed by atoms with Crippen molar-refractivity contribution >= 4 is 11.6 Å². The van der Waals surface area contributed by atoms with Crippen molar-refractivity contribution in [2.75, 3.05) is 32.5 Å². The van der Waals surface area contributed by atoms with Crippen molar-refractivity contribution in [1.82, 2.24) is 10.2 Å². The number of rotatable bonds is 4. The predicted octanol–water partition coefficient (Wildman–Crippen LogP) is 1.09. The summed E-state index contributed by atoms with van der Waals surface area (Å²) in [5, 5.41) is 6.16. The number of likely N-dealkylation sites (tertiary alicyclic amines) is 1. The lowest BCUT2D eigenvalue weighted by Crippen LogP contribution is -2.23. The lowest BCUT2D eigenvalue weighted by Gasteiger charge is -2.14. The zero-order valence-corrected chi connectivity index (χ0v) is 11.1. The second-order valence-electron chi connectivity index (χ2n) is 4.94. The van der Waals surface area contributed by atoms with Crippen molar-refractivity contribution in [3.05, 3.63) is 29.8 Å². The van der Waals surface area contributed by atoms with Gasteiger partial charge in [0.15, 0.2) is 0 Å². The Morgan fingerprint density at radius 1 is 1.39 bits per heavy atom. The SMILES string of the molecule is CNC(=O)Cc1ccc(NC2CCN(C)C2)cc1. The van der Waals surface area contributed by atoms with E-state index in [1.54, 1.807) is 7.05 Å². The van der Waals surface area contributed by atoms with Gasteiger partial charge in [-0.15, -0.1) is 0 Å². The number of nitrogens with one attached hydrogen (secondary N) is 2. The van der Waals surface area contributed by atoms with Crippen molar-refractivity contribution in [2.45, 2.75) is 18.9 Å². The van der Waals surface area contributed by atoms with E-state index in [0.29, 0.717) is 12.5 Å². The summed E-state index contributed by atoms with van der Waals surface area (Å²) in [6.07, 6.45) is 1.64. The molecule has 0 aliphatic carbocycles. The monoisotopic (exact) mass is 247 g/mol. The smallest absolute Gasteiger partial charge is 0.224 e. The molecule has 1 aromatic carbocycles. The number of carbonyl (C=O) groups excluding carboxylic acids is 1. The molecule has 1 saturated heterocycles. The third kappa shape index (κ3) is 3.47. The van der Waals surface area contributed by atoms with Crippen LogP contribution in [0.3, 0.4) is 0 Å². The Morgan fingerprint density at radius 3 is 2.67 bits per heavy atom. The van der Waals surface area contributed by atoms with Gasteiger partial charge >= 0.3 is 0 Å². The van der Waals surface area contributed by atoms with Crippen molar-refractivity contribution < 1.29 is 4.79 Å². The van der Waals surface area contributed by atoms with Crippen molar-refractivity contribution in [1.29, 1.82) is 0 Å². The first kappa shape index (κ1) is 12.9. The van der Waals surface area contributed by atoms with Crippen molar-refractivity contribution in [3.63, 3.8) is 0 Å². The minimum atomic E-state index is 0.0492. The lowest BCUT2D eigenvalue weighted by molar-refractivity contribution is -0.119. The Labute approximate surface area is 108 Å². The summed E-state index contributed by atoms with van der Waals surface area (Å²) in [6.45, 7) is 2.26. The second-order valence-corrected chi connectivity index (χ2v) is 4.94. The fourth-order valence-electron chi connectivity index (χ4n) is 2.28. The molecule has 1 unspecified atom stereocenters. The number of nitrogens with zero attached hydrogens (tertiary/aromatic N) is 1. The number of carbonyl (C=O) groups is 1. The van der Waals surface area contributed by atoms with Crippen LogP contribution < -0.4 is 10.6 Å². The predicted molar refractivity (Wildman–Crippen MR) is 73.7 cm³/mol. The van der Waals surface area contributed by atoms with Crippen LogP contribution in [-0.4, -0.2) is 44.0 Å². The van der Waals surface area contributed by atoms with E-state index in [9.17, 15) is 4.79 Å². The van der Waals surface area contributed by atoms with E-state index in [0.717, 1.165) is 24.3 Å². The quantitative estimate of drug-likeness (QED) is 0.837. The second kappa shape index (κ2) is 5.87. The molecule has 1 aliphatic rings. The number of likely N-dealkylation sites (N-methyl/N-ethyl adjacent to an activating group) is 2. The molecule has 0 saturated carbocycles. The minimum absolute atomic E-state index is 0.0492. The summed E-state index contributed by atoms with van der Waals surface area (Å²) in [5.74, 6) is 0.0492. The first-order chi connectivity index (χ1) is 8.67. The third-order valence-corrected chi connectivity index (χ3v) is 3.36. The van der Waals surface area contributed by atoms with Gasteiger partial charge in [0.05, 0.1) is 6.42 Å². The van der Waals surface area contributed by atoms with Gasteiger partial charge < -0.3 is 15.5 Å². The number of hydrogen-bond donors (Lipinski definition) is 2. The van der Waals surface area contributed by atoms with Gasteiger partial charge in [0.25, 0.3) is 0 Å². The number of hydrogen-bond acceptors (Lipinski definition) is 3. The first-order valence-corrected chi connectivity index (χ1v) is 6.42. The molecule has 1 fully saturated rings. The van der Waals surface area contributed by atoms with Crippen LogP contribution in [0.2, 0.25) is 0 Å². The van der Waals surface area contributed by atoms with Crippen LogP contribution >= 0.6 is 0 Å². The fourth-order valence-corrected chi connectivity index (χ4v) is 2.28. The average molecular weight is 247 g/mol. The molecule has 98 valence electrons. The van der Waals surface area contributed by atoms with Gasteiger partial charge in [0.2, 0.25) is 5.91 Å². The van der Waals surface area contributed by atoms with Gasteiger partial charge in [-0.05, 0) is 37.7 Å². The molecule has 0 aromatic heterocycles. The zero-order valence-electron chi connectivity index (χ0n) is 11.1. The Morgan fingerprint density at radius 2 is 2.11 bits per heavy atom. The van der Waals surface area contributed by atoms with Crippen LogP contribution in [0.25, 0.3) is 0 Å². The Kier molecular flexibility index (Phi) is 4.20. The average Bonchev–Trinajstić information content (AvgIpc) is 2.77. The van der Waals surface area contributed by atoms with Gasteiger partial charge in [0, 0.05) is 25.3 Å². The van der Waals surface area contributed by atoms with E-state index >= 15 is 0 Å².